The second kappa shape index (κ2) is 6.79. The van der Waals surface area contributed by atoms with Crippen molar-refractivity contribution < 1.29 is 4.79 Å². The Morgan fingerprint density at radius 1 is 1.31 bits per heavy atom. The standard InChI is InChI=1S/C19H23N5OS/c1-12-7-4-5-9-23(12)17(25)11-15-13(2)20-19-21-18(16-8-6-10-26-16)22-24(19)14(15)3/h6,8,10,12H,4-5,7,9,11H2,1-3H3/t12-/m0/s1. The minimum Gasteiger partial charge on any atom is -0.340 e. The van der Waals surface area contributed by atoms with Gasteiger partial charge in [0.1, 0.15) is 0 Å². The smallest absolute Gasteiger partial charge is 0.253 e. The summed E-state index contributed by atoms with van der Waals surface area (Å²) >= 11 is 1.61. The lowest BCUT2D eigenvalue weighted by atomic mass is 10.0. The molecular weight excluding hydrogens is 346 g/mol. The van der Waals surface area contributed by atoms with Crippen LogP contribution in [-0.2, 0) is 11.2 Å². The number of carbonyl (C=O) groups is 1. The zero-order chi connectivity index (χ0) is 18.3. The first kappa shape index (κ1) is 17.1. The highest BCUT2D eigenvalue weighted by atomic mass is 32.1. The first-order valence-electron chi connectivity index (χ1n) is 9.11. The number of aromatic nitrogens is 4. The summed E-state index contributed by atoms with van der Waals surface area (Å²) in [4.78, 5) is 25.1. The Morgan fingerprint density at radius 2 is 2.15 bits per heavy atom. The Morgan fingerprint density at radius 3 is 2.88 bits per heavy atom. The molecule has 0 bridgehead atoms. The molecule has 136 valence electrons. The highest BCUT2D eigenvalue weighted by Gasteiger charge is 2.25. The van der Waals surface area contributed by atoms with Gasteiger partial charge in [0.25, 0.3) is 5.78 Å². The number of hydrogen-bond donors (Lipinski definition) is 0. The fraction of sp³-hybridized carbons (Fsp3) is 0.474. The number of thiophene rings is 1. The summed E-state index contributed by atoms with van der Waals surface area (Å²) in [5.74, 6) is 1.46. The second-order valence-electron chi connectivity index (χ2n) is 6.99. The number of piperidine rings is 1. The van der Waals surface area contributed by atoms with Crippen molar-refractivity contribution in [2.24, 2.45) is 0 Å². The monoisotopic (exact) mass is 369 g/mol. The van der Waals surface area contributed by atoms with Gasteiger partial charge in [0, 0.05) is 29.5 Å². The summed E-state index contributed by atoms with van der Waals surface area (Å²) in [5.41, 5.74) is 2.77. The highest BCUT2D eigenvalue weighted by molar-refractivity contribution is 7.13. The van der Waals surface area contributed by atoms with E-state index in [0.29, 0.717) is 24.1 Å². The van der Waals surface area contributed by atoms with Gasteiger partial charge in [-0.25, -0.2) is 9.50 Å². The Kier molecular flexibility index (Phi) is 4.48. The van der Waals surface area contributed by atoms with E-state index in [1.807, 2.05) is 36.3 Å². The quantitative estimate of drug-likeness (QED) is 0.710. The predicted molar refractivity (Wildman–Crippen MR) is 102 cm³/mol. The summed E-state index contributed by atoms with van der Waals surface area (Å²) in [6.07, 6.45) is 3.77. The molecule has 6 nitrogen and oxygen atoms in total. The Hall–Kier alpha value is -2.28. The van der Waals surface area contributed by atoms with Crippen molar-refractivity contribution in [1.29, 1.82) is 0 Å². The lowest BCUT2D eigenvalue weighted by molar-refractivity contribution is -0.133. The fourth-order valence-electron chi connectivity index (χ4n) is 3.70. The molecule has 1 aliphatic heterocycles. The molecule has 4 rings (SSSR count). The number of carbonyl (C=O) groups excluding carboxylic acids is 1. The molecule has 1 saturated heterocycles. The lowest BCUT2D eigenvalue weighted by Crippen LogP contribution is -2.43. The molecule has 0 spiro atoms. The predicted octanol–water partition coefficient (Wildman–Crippen LogP) is 3.41. The summed E-state index contributed by atoms with van der Waals surface area (Å²) in [7, 11) is 0. The Labute approximate surface area is 156 Å². The molecule has 7 heteroatoms. The number of nitrogens with zero attached hydrogens (tertiary/aromatic N) is 5. The minimum atomic E-state index is 0.183. The lowest BCUT2D eigenvalue weighted by Gasteiger charge is -2.33. The zero-order valence-electron chi connectivity index (χ0n) is 15.4. The van der Waals surface area contributed by atoms with Crippen LogP contribution in [0.2, 0.25) is 0 Å². The van der Waals surface area contributed by atoms with Crippen molar-refractivity contribution in [3.63, 3.8) is 0 Å². The van der Waals surface area contributed by atoms with Gasteiger partial charge in [0.2, 0.25) is 5.91 Å². The molecule has 0 aromatic carbocycles. The van der Waals surface area contributed by atoms with Gasteiger partial charge in [-0.05, 0) is 51.5 Å². The van der Waals surface area contributed by atoms with Crippen molar-refractivity contribution in [1.82, 2.24) is 24.5 Å². The maximum Gasteiger partial charge on any atom is 0.253 e. The van der Waals surface area contributed by atoms with Crippen LogP contribution in [0.4, 0.5) is 0 Å². The summed E-state index contributed by atoms with van der Waals surface area (Å²) in [6, 6.07) is 4.32. The van der Waals surface area contributed by atoms with E-state index in [0.717, 1.165) is 41.2 Å². The number of likely N-dealkylation sites (tertiary alicyclic amines) is 1. The molecule has 0 aliphatic carbocycles. The van der Waals surface area contributed by atoms with E-state index >= 15 is 0 Å². The first-order chi connectivity index (χ1) is 12.5. The van der Waals surface area contributed by atoms with E-state index < -0.39 is 0 Å². The minimum absolute atomic E-state index is 0.183. The van der Waals surface area contributed by atoms with Crippen molar-refractivity contribution in [3.05, 3.63) is 34.5 Å². The maximum atomic E-state index is 12.9. The first-order valence-corrected chi connectivity index (χ1v) is 9.98. The average molecular weight is 369 g/mol. The highest BCUT2D eigenvalue weighted by Crippen LogP contribution is 2.24. The molecule has 3 aromatic heterocycles. The van der Waals surface area contributed by atoms with E-state index in [1.165, 1.54) is 6.42 Å². The molecule has 0 unspecified atom stereocenters. The number of hydrogen-bond acceptors (Lipinski definition) is 5. The van der Waals surface area contributed by atoms with E-state index in [4.69, 9.17) is 0 Å². The van der Waals surface area contributed by atoms with Crippen LogP contribution in [0.25, 0.3) is 16.5 Å². The van der Waals surface area contributed by atoms with Crippen molar-refractivity contribution >= 4 is 23.0 Å². The summed E-state index contributed by atoms with van der Waals surface area (Å²) in [6.45, 7) is 6.95. The summed E-state index contributed by atoms with van der Waals surface area (Å²) in [5, 5.41) is 6.63. The van der Waals surface area contributed by atoms with E-state index in [-0.39, 0.29) is 5.91 Å². The molecule has 0 N–H and O–H groups in total. The topological polar surface area (TPSA) is 63.4 Å². The van der Waals surface area contributed by atoms with E-state index in [2.05, 4.69) is 22.0 Å². The van der Waals surface area contributed by atoms with Crippen LogP contribution in [0.3, 0.4) is 0 Å². The average Bonchev–Trinajstić information content (AvgIpc) is 3.28. The number of aryl methyl sites for hydroxylation is 2. The van der Waals surface area contributed by atoms with E-state index in [9.17, 15) is 4.79 Å². The number of rotatable bonds is 3. The van der Waals surface area contributed by atoms with Gasteiger partial charge in [-0.1, -0.05) is 6.07 Å². The third-order valence-corrected chi connectivity index (χ3v) is 6.11. The zero-order valence-corrected chi connectivity index (χ0v) is 16.2. The van der Waals surface area contributed by atoms with Crippen LogP contribution >= 0.6 is 11.3 Å². The molecule has 0 saturated carbocycles. The third kappa shape index (κ3) is 3.00. The Balaban J connectivity index is 1.67. The van der Waals surface area contributed by atoms with Crippen molar-refractivity contribution in [2.45, 2.75) is 52.5 Å². The molecule has 1 fully saturated rings. The van der Waals surface area contributed by atoms with Gasteiger partial charge in [-0.15, -0.1) is 16.4 Å². The van der Waals surface area contributed by atoms with E-state index in [1.54, 1.807) is 15.9 Å². The number of fused-ring (bicyclic) bond motifs is 1. The number of amides is 1. The van der Waals surface area contributed by atoms with Crippen LogP contribution in [0.1, 0.15) is 43.1 Å². The van der Waals surface area contributed by atoms with Crippen LogP contribution in [0.15, 0.2) is 17.5 Å². The van der Waals surface area contributed by atoms with Crippen LogP contribution < -0.4 is 0 Å². The SMILES string of the molecule is Cc1nc2nc(-c3cccs3)nn2c(C)c1CC(=O)N1CCCC[C@@H]1C. The van der Waals surface area contributed by atoms with Crippen LogP contribution in [0.5, 0.6) is 0 Å². The molecule has 4 heterocycles. The van der Waals surface area contributed by atoms with Gasteiger partial charge in [-0.3, -0.25) is 4.79 Å². The molecule has 3 aromatic rings. The van der Waals surface area contributed by atoms with Crippen LogP contribution in [0, 0.1) is 13.8 Å². The maximum absolute atomic E-state index is 12.9. The van der Waals surface area contributed by atoms with Crippen LogP contribution in [-0.4, -0.2) is 43.0 Å². The normalized spacial score (nSPS) is 17.8. The largest absolute Gasteiger partial charge is 0.340 e. The molecule has 1 amide bonds. The fourth-order valence-corrected chi connectivity index (χ4v) is 4.35. The van der Waals surface area contributed by atoms with Gasteiger partial charge in [0.05, 0.1) is 11.3 Å². The third-order valence-electron chi connectivity index (χ3n) is 5.24. The Bertz CT molecular complexity index is 947. The molecule has 1 aliphatic rings. The molecule has 26 heavy (non-hydrogen) atoms. The molecule has 1 atom stereocenters. The van der Waals surface area contributed by atoms with Crippen molar-refractivity contribution in [3.8, 4) is 10.7 Å². The second-order valence-corrected chi connectivity index (χ2v) is 7.94. The van der Waals surface area contributed by atoms with Gasteiger partial charge in [-0.2, -0.15) is 4.98 Å². The molecule has 0 radical (unpaired) electrons. The summed E-state index contributed by atoms with van der Waals surface area (Å²) < 4.78 is 1.77. The van der Waals surface area contributed by atoms with Gasteiger partial charge >= 0.3 is 0 Å². The van der Waals surface area contributed by atoms with Gasteiger partial charge < -0.3 is 4.90 Å². The van der Waals surface area contributed by atoms with Gasteiger partial charge in [0.15, 0.2) is 5.82 Å². The molecular formula is C19H23N5OS. The van der Waals surface area contributed by atoms with Crippen molar-refractivity contribution in [2.75, 3.05) is 6.54 Å².